The maximum absolute atomic E-state index is 13.7. The summed E-state index contributed by atoms with van der Waals surface area (Å²) in [6.07, 6.45) is 0. The van der Waals surface area contributed by atoms with Gasteiger partial charge in [-0.15, -0.1) is 0 Å². The zero-order valence-electron chi connectivity index (χ0n) is 11.0. The Balaban J connectivity index is 2.37. The van der Waals surface area contributed by atoms with Crippen molar-refractivity contribution in [3.05, 3.63) is 51.5 Å². The van der Waals surface area contributed by atoms with Gasteiger partial charge in [0.2, 0.25) is 10.0 Å². The lowest BCUT2D eigenvalue weighted by Crippen LogP contribution is -2.24. The Labute approximate surface area is 125 Å². The predicted octanol–water partition coefficient (Wildman–Crippen LogP) is 2.37. The Morgan fingerprint density at radius 2 is 2.14 bits per heavy atom. The molecule has 1 aromatic carbocycles. The van der Waals surface area contributed by atoms with Crippen LogP contribution >= 0.6 is 11.3 Å². The molecule has 0 saturated heterocycles. The molecule has 0 bridgehead atoms. The number of carboxylic acids is 1. The van der Waals surface area contributed by atoms with Crippen LogP contribution in [0.25, 0.3) is 0 Å². The second-order valence-electron chi connectivity index (χ2n) is 4.34. The number of sulfonamides is 1. The fourth-order valence-corrected chi connectivity index (χ4v) is 3.67. The van der Waals surface area contributed by atoms with Crippen LogP contribution in [0.4, 0.5) is 4.39 Å². The topological polar surface area (TPSA) is 83.5 Å². The second kappa shape index (κ2) is 5.92. The van der Waals surface area contributed by atoms with Crippen LogP contribution in [0, 0.1) is 12.7 Å². The maximum Gasteiger partial charge on any atom is 0.335 e. The lowest BCUT2D eigenvalue weighted by atomic mass is 10.1. The third kappa shape index (κ3) is 3.46. The molecule has 0 fully saturated rings. The molecule has 1 heterocycles. The van der Waals surface area contributed by atoms with Crippen LogP contribution in [0.2, 0.25) is 0 Å². The lowest BCUT2D eigenvalue weighted by Gasteiger charge is -2.10. The Morgan fingerprint density at radius 1 is 1.43 bits per heavy atom. The van der Waals surface area contributed by atoms with Gasteiger partial charge in [0.1, 0.15) is 5.82 Å². The van der Waals surface area contributed by atoms with E-state index in [-0.39, 0.29) is 17.0 Å². The van der Waals surface area contributed by atoms with Crippen molar-refractivity contribution in [1.29, 1.82) is 0 Å². The first-order valence-electron chi connectivity index (χ1n) is 5.85. The number of rotatable bonds is 5. The molecule has 2 N–H and O–H groups in total. The van der Waals surface area contributed by atoms with Crippen molar-refractivity contribution in [3.8, 4) is 0 Å². The Morgan fingerprint density at radius 3 is 2.71 bits per heavy atom. The number of benzene rings is 1. The molecule has 0 aliphatic carbocycles. The van der Waals surface area contributed by atoms with Crippen molar-refractivity contribution in [2.75, 3.05) is 0 Å². The van der Waals surface area contributed by atoms with Crippen LogP contribution in [0.5, 0.6) is 0 Å². The Hall–Kier alpha value is -1.77. The fraction of sp³-hybridized carbons (Fsp3) is 0.154. The SMILES string of the molecule is Cc1c(F)cc(C(=O)O)cc1S(=O)(=O)NCc1ccsc1. The molecule has 5 nitrogen and oxygen atoms in total. The summed E-state index contributed by atoms with van der Waals surface area (Å²) in [4.78, 5) is 10.5. The zero-order valence-corrected chi connectivity index (χ0v) is 12.6. The summed E-state index contributed by atoms with van der Waals surface area (Å²) in [5, 5.41) is 12.5. The number of carboxylic acid groups (broad SMARTS) is 1. The van der Waals surface area contributed by atoms with Crippen LogP contribution in [0.1, 0.15) is 21.5 Å². The summed E-state index contributed by atoms with van der Waals surface area (Å²) in [6.45, 7) is 1.35. The minimum absolute atomic E-state index is 0.0597. The van der Waals surface area contributed by atoms with Gasteiger partial charge in [-0.25, -0.2) is 22.3 Å². The summed E-state index contributed by atoms with van der Waals surface area (Å²) >= 11 is 1.43. The fourth-order valence-electron chi connectivity index (χ4n) is 1.71. The Kier molecular flexibility index (Phi) is 4.40. The molecule has 0 amide bonds. The van der Waals surface area contributed by atoms with Crippen LogP contribution in [0.3, 0.4) is 0 Å². The van der Waals surface area contributed by atoms with Gasteiger partial charge >= 0.3 is 5.97 Å². The zero-order chi connectivity index (χ0) is 15.6. The van der Waals surface area contributed by atoms with Gasteiger partial charge in [0.25, 0.3) is 0 Å². The molecule has 0 radical (unpaired) electrons. The van der Waals surface area contributed by atoms with E-state index >= 15 is 0 Å². The first-order chi connectivity index (χ1) is 9.81. The predicted molar refractivity (Wildman–Crippen MR) is 76.4 cm³/mol. The van der Waals surface area contributed by atoms with Crippen LogP contribution in [-0.2, 0) is 16.6 Å². The van der Waals surface area contributed by atoms with E-state index in [1.807, 2.05) is 0 Å². The highest BCUT2D eigenvalue weighted by Crippen LogP contribution is 2.21. The number of hydrogen-bond donors (Lipinski definition) is 2. The number of carbonyl (C=O) groups is 1. The molecule has 0 spiro atoms. The number of thiophene rings is 1. The molecule has 0 unspecified atom stereocenters. The quantitative estimate of drug-likeness (QED) is 0.882. The summed E-state index contributed by atoms with van der Waals surface area (Å²) in [7, 11) is -3.99. The molecule has 0 aliphatic heterocycles. The van der Waals surface area contributed by atoms with Crippen molar-refractivity contribution in [2.24, 2.45) is 0 Å². The third-order valence-electron chi connectivity index (χ3n) is 2.88. The number of hydrogen-bond acceptors (Lipinski definition) is 4. The van der Waals surface area contributed by atoms with Crippen LogP contribution < -0.4 is 4.72 Å². The molecule has 8 heteroatoms. The minimum atomic E-state index is -3.99. The molecular weight excluding hydrogens is 317 g/mol. The van der Waals surface area contributed by atoms with Crippen LogP contribution in [0.15, 0.2) is 33.9 Å². The molecular formula is C13H12FNO4S2. The molecule has 112 valence electrons. The molecule has 0 aliphatic rings. The highest BCUT2D eigenvalue weighted by atomic mass is 32.2. The molecule has 1 aromatic heterocycles. The highest BCUT2D eigenvalue weighted by Gasteiger charge is 2.21. The lowest BCUT2D eigenvalue weighted by molar-refractivity contribution is 0.0696. The van der Waals surface area contributed by atoms with E-state index in [1.165, 1.54) is 18.3 Å². The van der Waals surface area contributed by atoms with E-state index < -0.39 is 27.4 Å². The summed E-state index contributed by atoms with van der Waals surface area (Å²) in [5.41, 5.74) is 0.253. The van der Waals surface area contributed by atoms with Crippen molar-refractivity contribution in [3.63, 3.8) is 0 Å². The summed E-state index contributed by atoms with van der Waals surface area (Å²) in [6, 6.07) is 3.51. The average molecular weight is 329 g/mol. The van der Waals surface area contributed by atoms with E-state index in [1.54, 1.807) is 16.8 Å². The maximum atomic E-state index is 13.7. The highest BCUT2D eigenvalue weighted by molar-refractivity contribution is 7.89. The number of aromatic carboxylic acids is 1. The van der Waals surface area contributed by atoms with Gasteiger partial charge in [-0.05, 0) is 41.4 Å². The van der Waals surface area contributed by atoms with Gasteiger partial charge in [-0.1, -0.05) is 0 Å². The van der Waals surface area contributed by atoms with Crippen LogP contribution in [-0.4, -0.2) is 19.5 Å². The van der Waals surface area contributed by atoms with E-state index in [9.17, 15) is 17.6 Å². The van der Waals surface area contributed by atoms with Gasteiger partial charge in [0, 0.05) is 12.1 Å². The monoisotopic (exact) mass is 329 g/mol. The van der Waals surface area contributed by atoms with Gasteiger partial charge < -0.3 is 5.11 Å². The normalized spacial score (nSPS) is 11.5. The molecule has 0 atom stereocenters. The van der Waals surface area contributed by atoms with E-state index in [0.29, 0.717) is 0 Å². The largest absolute Gasteiger partial charge is 0.478 e. The smallest absolute Gasteiger partial charge is 0.335 e. The van der Waals surface area contributed by atoms with E-state index in [0.717, 1.165) is 17.7 Å². The first kappa shape index (κ1) is 15.6. The number of halogens is 1. The van der Waals surface area contributed by atoms with E-state index in [4.69, 9.17) is 5.11 Å². The second-order valence-corrected chi connectivity index (χ2v) is 6.86. The molecule has 0 saturated carbocycles. The summed E-state index contributed by atoms with van der Waals surface area (Å²) in [5.74, 6) is -2.26. The van der Waals surface area contributed by atoms with Gasteiger partial charge in [-0.3, -0.25) is 0 Å². The van der Waals surface area contributed by atoms with Crippen molar-refractivity contribution >= 4 is 27.3 Å². The summed E-state index contributed by atoms with van der Waals surface area (Å²) < 4.78 is 40.4. The van der Waals surface area contributed by atoms with Crippen molar-refractivity contribution in [2.45, 2.75) is 18.4 Å². The first-order valence-corrected chi connectivity index (χ1v) is 8.28. The van der Waals surface area contributed by atoms with Gasteiger partial charge in [0.05, 0.1) is 10.5 Å². The molecule has 2 rings (SSSR count). The molecule has 21 heavy (non-hydrogen) atoms. The average Bonchev–Trinajstić information content (AvgIpc) is 2.92. The standard InChI is InChI=1S/C13H12FNO4S2/c1-8-11(14)4-10(13(16)17)5-12(8)21(18,19)15-6-9-2-3-20-7-9/h2-5,7,15H,6H2,1H3,(H,16,17). The van der Waals surface area contributed by atoms with Gasteiger partial charge in [0.15, 0.2) is 0 Å². The van der Waals surface area contributed by atoms with Gasteiger partial charge in [-0.2, -0.15) is 11.3 Å². The minimum Gasteiger partial charge on any atom is -0.478 e. The van der Waals surface area contributed by atoms with E-state index in [2.05, 4.69) is 4.72 Å². The van der Waals surface area contributed by atoms with Crippen molar-refractivity contribution in [1.82, 2.24) is 4.72 Å². The number of nitrogens with one attached hydrogen (secondary N) is 1. The van der Waals surface area contributed by atoms with Crippen molar-refractivity contribution < 1.29 is 22.7 Å². The molecule has 2 aromatic rings. The Bertz CT molecular complexity index is 770. The third-order valence-corrected chi connectivity index (χ3v) is 5.14.